The lowest BCUT2D eigenvalue weighted by molar-refractivity contribution is -0.0217. The summed E-state index contributed by atoms with van der Waals surface area (Å²) in [4.78, 5) is 4.59. The molecule has 2 aliphatic rings. The van der Waals surface area contributed by atoms with Crippen LogP contribution in [-0.4, -0.2) is 19.9 Å². The van der Waals surface area contributed by atoms with E-state index in [9.17, 15) is 5.11 Å². The summed E-state index contributed by atoms with van der Waals surface area (Å²) in [6, 6.07) is 8.05. The van der Waals surface area contributed by atoms with Crippen LogP contribution in [0.25, 0.3) is 11.0 Å². The number of nitrogens with zero attached hydrogens (tertiary/aromatic N) is 2. The largest absolute Gasteiger partial charge is 0.369 e. The predicted molar refractivity (Wildman–Crippen MR) is 63.4 cm³/mol. The van der Waals surface area contributed by atoms with Crippen molar-refractivity contribution < 1.29 is 5.11 Å². The summed E-state index contributed by atoms with van der Waals surface area (Å²) >= 11 is 1.73. The average molecular weight is 232 g/mol. The third kappa shape index (κ3) is 0.924. The van der Waals surface area contributed by atoms with Gasteiger partial charge >= 0.3 is 0 Å². The van der Waals surface area contributed by atoms with E-state index in [4.69, 9.17) is 0 Å². The first-order valence-electron chi connectivity index (χ1n) is 5.66. The SMILES string of the molecule is OC12CCCC1Sc1nc3ccccc3n12. The Morgan fingerprint density at radius 2 is 2.31 bits per heavy atom. The van der Waals surface area contributed by atoms with Gasteiger partial charge in [-0.2, -0.15) is 0 Å². The minimum Gasteiger partial charge on any atom is -0.369 e. The molecule has 1 saturated carbocycles. The molecule has 0 amide bonds. The summed E-state index contributed by atoms with van der Waals surface area (Å²) in [5.74, 6) is 0. The second-order valence-electron chi connectivity index (χ2n) is 4.60. The maximum Gasteiger partial charge on any atom is 0.171 e. The Kier molecular flexibility index (Phi) is 1.60. The summed E-state index contributed by atoms with van der Waals surface area (Å²) in [5, 5.41) is 12.1. The van der Waals surface area contributed by atoms with Gasteiger partial charge in [0.2, 0.25) is 0 Å². The summed E-state index contributed by atoms with van der Waals surface area (Å²) in [5.41, 5.74) is 1.37. The second kappa shape index (κ2) is 2.81. The Hall–Kier alpha value is -1.00. The van der Waals surface area contributed by atoms with Crippen molar-refractivity contribution in [3.8, 4) is 0 Å². The number of thioether (sulfide) groups is 1. The number of hydrogen-bond donors (Lipinski definition) is 1. The molecule has 1 N–H and O–H groups in total. The molecular weight excluding hydrogens is 220 g/mol. The molecule has 1 aliphatic carbocycles. The summed E-state index contributed by atoms with van der Waals surface area (Å²) in [6.07, 6.45) is 3.07. The topological polar surface area (TPSA) is 38.1 Å². The number of fused-ring (bicyclic) bond motifs is 5. The van der Waals surface area contributed by atoms with E-state index in [2.05, 4.69) is 4.98 Å². The number of imidazole rings is 1. The van der Waals surface area contributed by atoms with E-state index in [0.29, 0.717) is 5.25 Å². The molecule has 82 valence electrons. The van der Waals surface area contributed by atoms with Crippen LogP contribution >= 0.6 is 11.8 Å². The van der Waals surface area contributed by atoms with Crippen LogP contribution in [0.2, 0.25) is 0 Å². The highest BCUT2D eigenvalue weighted by Gasteiger charge is 2.50. The molecule has 0 radical (unpaired) electrons. The van der Waals surface area contributed by atoms with Gasteiger partial charge in [0.05, 0.1) is 16.3 Å². The summed E-state index contributed by atoms with van der Waals surface area (Å²) < 4.78 is 2.05. The van der Waals surface area contributed by atoms with Gasteiger partial charge in [0.25, 0.3) is 0 Å². The van der Waals surface area contributed by atoms with E-state index in [1.54, 1.807) is 11.8 Å². The Morgan fingerprint density at radius 1 is 1.44 bits per heavy atom. The predicted octanol–water partition coefficient (Wildman–Crippen LogP) is 2.34. The Morgan fingerprint density at radius 3 is 3.25 bits per heavy atom. The zero-order valence-electron chi connectivity index (χ0n) is 8.76. The zero-order valence-corrected chi connectivity index (χ0v) is 9.57. The number of aromatic nitrogens is 2. The van der Waals surface area contributed by atoms with Gasteiger partial charge in [-0.05, 0) is 31.4 Å². The standard InChI is InChI=1S/C12H12N2OS/c15-12-7-3-6-10(12)16-11-13-8-4-1-2-5-9(8)14(11)12/h1-2,4-5,10,15H,3,6-7H2. The molecule has 3 nitrogen and oxygen atoms in total. The first kappa shape index (κ1) is 9.07. The van der Waals surface area contributed by atoms with Crippen LogP contribution in [0.1, 0.15) is 19.3 Å². The maximum absolute atomic E-state index is 10.8. The molecule has 1 aromatic heterocycles. The Bertz CT molecular complexity index is 579. The zero-order chi connectivity index (χ0) is 10.8. The fourth-order valence-electron chi connectivity index (χ4n) is 2.93. The van der Waals surface area contributed by atoms with Gasteiger partial charge in [0.15, 0.2) is 10.9 Å². The monoisotopic (exact) mass is 232 g/mol. The van der Waals surface area contributed by atoms with Crippen LogP contribution in [0.5, 0.6) is 0 Å². The lowest BCUT2D eigenvalue weighted by Gasteiger charge is -2.24. The van der Waals surface area contributed by atoms with Gasteiger partial charge in [-0.15, -0.1) is 0 Å². The number of hydrogen-bond acceptors (Lipinski definition) is 3. The first-order valence-corrected chi connectivity index (χ1v) is 6.54. The summed E-state index contributed by atoms with van der Waals surface area (Å²) in [7, 11) is 0. The van der Waals surface area contributed by atoms with E-state index >= 15 is 0 Å². The minimum absolute atomic E-state index is 0.305. The van der Waals surface area contributed by atoms with Crippen LogP contribution in [0.3, 0.4) is 0 Å². The third-order valence-electron chi connectivity index (χ3n) is 3.69. The molecule has 0 bridgehead atoms. The van der Waals surface area contributed by atoms with E-state index < -0.39 is 5.72 Å². The van der Waals surface area contributed by atoms with Crippen LogP contribution in [0.15, 0.2) is 29.4 Å². The van der Waals surface area contributed by atoms with Gasteiger partial charge in [-0.1, -0.05) is 23.9 Å². The smallest absolute Gasteiger partial charge is 0.171 e. The summed E-state index contributed by atoms with van der Waals surface area (Å²) in [6.45, 7) is 0. The maximum atomic E-state index is 10.8. The van der Waals surface area contributed by atoms with E-state index in [-0.39, 0.29) is 0 Å². The molecule has 2 unspecified atom stereocenters. The number of para-hydroxylation sites is 2. The molecule has 1 aliphatic heterocycles. The lowest BCUT2D eigenvalue weighted by Crippen LogP contribution is -2.34. The van der Waals surface area contributed by atoms with Crippen molar-refractivity contribution in [3.05, 3.63) is 24.3 Å². The van der Waals surface area contributed by atoms with Gasteiger partial charge < -0.3 is 5.11 Å². The van der Waals surface area contributed by atoms with Crippen molar-refractivity contribution in [1.29, 1.82) is 0 Å². The van der Waals surface area contributed by atoms with Gasteiger partial charge in [0.1, 0.15) is 0 Å². The molecule has 4 heteroatoms. The van der Waals surface area contributed by atoms with Crippen LogP contribution in [0.4, 0.5) is 0 Å². The van der Waals surface area contributed by atoms with E-state index in [0.717, 1.165) is 35.5 Å². The molecule has 0 spiro atoms. The minimum atomic E-state index is -0.684. The van der Waals surface area contributed by atoms with E-state index in [1.807, 2.05) is 28.8 Å². The number of rotatable bonds is 0. The van der Waals surface area contributed by atoms with Gasteiger partial charge in [-0.3, -0.25) is 4.57 Å². The van der Waals surface area contributed by atoms with Crippen molar-refractivity contribution >= 4 is 22.8 Å². The van der Waals surface area contributed by atoms with Gasteiger partial charge in [-0.25, -0.2) is 4.98 Å². The molecule has 4 rings (SSSR count). The van der Waals surface area contributed by atoms with E-state index in [1.165, 1.54) is 0 Å². The van der Waals surface area contributed by atoms with Crippen molar-refractivity contribution in [2.75, 3.05) is 0 Å². The molecule has 0 saturated heterocycles. The third-order valence-corrected chi connectivity index (χ3v) is 5.07. The molecule has 16 heavy (non-hydrogen) atoms. The normalized spacial score (nSPS) is 31.9. The second-order valence-corrected chi connectivity index (χ2v) is 5.77. The quantitative estimate of drug-likeness (QED) is 0.757. The average Bonchev–Trinajstić information content (AvgIpc) is 2.86. The van der Waals surface area contributed by atoms with Crippen LogP contribution in [0, 0.1) is 0 Å². The van der Waals surface area contributed by atoms with Crippen molar-refractivity contribution in [3.63, 3.8) is 0 Å². The molecular formula is C12H12N2OS. The highest BCUT2D eigenvalue weighted by Crippen LogP contribution is 2.52. The molecule has 2 aromatic rings. The van der Waals surface area contributed by atoms with Crippen molar-refractivity contribution in [2.24, 2.45) is 0 Å². The molecule has 1 aromatic carbocycles. The fourth-order valence-corrected chi connectivity index (χ4v) is 4.40. The number of benzene rings is 1. The molecule has 1 fully saturated rings. The van der Waals surface area contributed by atoms with Crippen LogP contribution < -0.4 is 0 Å². The molecule has 2 heterocycles. The number of aliphatic hydroxyl groups is 1. The van der Waals surface area contributed by atoms with Crippen molar-refractivity contribution in [1.82, 2.24) is 9.55 Å². The highest BCUT2D eigenvalue weighted by atomic mass is 32.2. The lowest BCUT2D eigenvalue weighted by atomic mass is 10.1. The first-order chi connectivity index (χ1) is 7.79. The van der Waals surface area contributed by atoms with Crippen LogP contribution in [-0.2, 0) is 5.72 Å². The fraction of sp³-hybridized carbons (Fsp3) is 0.417. The molecule has 2 atom stereocenters. The van der Waals surface area contributed by atoms with Gasteiger partial charge in [0, 0.05) is 0 Å². The Labute approximate surface area is 97.5 Å². The highest BCUT2D eigenvalue weighted by molar-refractivity contribution is 8.00. The van der Waals surface area contributed by atoms with Crippen molar-refractivity contribution in [2.45, 2.75) is 35.4 Å². The Balaban J connectivity index is 2.06.